The van der Waals surface area contributed by atoms with Crippen molar-refractivity contribution in [2.24, 2.45) is 5.92 Å². The molecule has 1 aliphatic carbocycles. The largest absolute Gasteiger partial charge is 0.323 e. The van der Waals surface area contributed by atoms with Crippen LogP contribution in [0.15, 0.2) is 54.9 Å². The molecular weight excluding hydrogens is 388 g/mol. The fraction of sp³-hybridized carbons (Fsp3) is 0.200. The average Bonchev–Trinajstić information content (AvgIpc) is 3.32. The third-order valence-corrected chi connectivity index (χ3v) is 5.28. The summed E-state index contributed by atoms with van der Waals surface area (Å²) in [6.45, 7) is 0.395. The van der Waals surface area contributed by atoms with E-state index in [1.807, 2.05) is 24.3 Å². The van der Waals surface area contributed by atoms with Crippen molar-refractivity contribution < 1.29 is 9.18 Å². The fourth-order valence-electron chi connectivity index (χ4n) is 3.14. The number of amides is 1. The van der Waals surface area contributed by atoms with Crippen LogP contribution in [0.1, 0.15) is 23.5 Å². The van der Waals surface area contributed by atoms with Gasteiger partial charge in [-0.1, -0.05) is 41.4 Å². The Balaban J connectivity index is 1.37. The molecule has 1 aliphatic rings. The van der Waals surface area contributed by atoms with Crippen LogP contribution >= 0.6 is 23.2 Å². The number of rotatable bonds is 5. The molecule has 2 atom stereocenters. The molecule has 0 spiro atoms. The molecule has 1 fully saturated rings. The van der Waals surface area contributed by atoms with Gasteiger partial charge in [0.2, 0.25) is 5.91 Å². The highest BCUT2D eigenvalue weighted by Gasteiger charge is 2.43. The van der Waals surface area contributed by atoms with Crippen LogP contribution in [0, 0.1) is 11.7 Å². The summed E-state index contributed by atoms with van der Waals surface area (Å²) in [5, 5.41) is 8.17. The van der Waals surface area contributed by atoms with Crippen molar-refractivity contribution >= 4 is 34.8 Å². The van der Waals surface area contributed by atoms with Gasteiger partial charge in [0.05, 0.1) is 18.4 Å². The maximum atomic E-state index is 13.1. The van der Waals surface area contributed by atoms with Crippen molar-refractivity contribution in [1.29, 1.82) is 0 Å². The van der Waals surface area contributed by atoms with E-state index in [4.69, 9.17) is 23.2 Å². The molecule has 4 nitrogen and oxygen atoms in total. The Labute approximate surface area is 165 Å². The molecule has 0 radical (unpaired) electrons. The Morgan fingerprint density at radius 3 is 2.74 bits per heavy atom. The van der Waals surface area contributed by atoms with E-state index >= 15 is 0 Å². The summed E-state index contributed by atoms with van der Waals surface area (Å²) in [7, 11) is 0. The molecule has 3 aromatic rings. The zero-order chi connectivity index (χ0) is 19.0. The number of halogens is 3. The first-order chi connectivity index (χ1) is 13.0. The SMILES string of the molecule is O=C(Nc1cnn(Cc2ccc(F)cc2Cl)c1)C1CC1c1ccc(Cl)cc1. The minimum absolute atomic E-state index is 0.0192. The van der Waals surface area contributed by atoms with Crippen molar-refractivity contribution in [3.63, 3.8) is 0 Å². The maximum Gasteiger partial charge on any atom is 0.228 e. The van der Waals surface area contributed by atoms with Gasteiger partial charge in [0, 0.05) is 22.2 Å². The van der Waals surface area contributed by atoms with Crippen LogP contribution in [-0.2, 0) is 11.3 Å². The van der Waals surface area contributed by atoms with E-state index in [0.29, 0.717) is 22.3 Å². The Morgan fingerprint density at radius 2 is 2.00 bits per heavy atom. The van der Waals surface area contributed by atoms with Crippen LogP contribution < -0.4 is 5.32 Å². The number of carbonyl (C=O) groups is 1. The molecule has 1 aromatic heterocycles. The summed E-state index contributed by atoms with van der Waals surface area (Å²) in [5.41, 5.74) is 2.50. The summed E-state index contributed by atoms with van der Waals surface area (Å²) in [6.07, 6.45) is 4.15. The molecule has 0 bridgehead atoms. The highest BCUT2D eigenvalue weighted by Crippen LogP contribution is 2.48. The molecule has 0 saturated heterocycles. The number of nitrogens with zero attached hydrogens (tertiary/aromatic N) is 2. The van der Waals surface area contributed by atoms with Crippen LogP contribution in [0.2, 0.25) is 10.0 Å². The van der Waals surface area contributed by atoms with E-state index in [9.17, 15) is 9.18 Å². The monoisotopic (exact) mass is 403 g/mol. The Kier molecular flexibility index (Phi) is 4.89. The molecule has 0 aliphatic heterocycles. The van der Waals surface area contributed by atoms with E-state index < -0.39 is 0 Å². The maximum absolute atomic E-state index is 13.1. The first kappa shape index (κ1) is 18.0. The number of anilines is 1. The lowest BCUT2D eigenvalue weighted by atomic mass is 10.1. The fourth-order valence-corrected chi connectivity index (χ4v) is 3.49. The summed E-state index contributed by atoms with van der Waals surface area (Å²) in [6, 6.07) is 11.9. The number of hydrogen-bond donors (Lipinski definition) is 1. The van der Waals surface area contributed by atoms with Gasteiger partial charge in [-0.05, 0) is 47.7 Å². The molecule has 7 heteroatoms. The molecule has 2 aromatic carbocycles. The number of carbonyl (C=O) groups excluding carboxylic acids is 1. The average molecular weight is 404 g/mol. The minimum atomic E-state index is -0.378. The van der Waals surface area contributed by atoms with Gasteiger partial charge in [-0.25, -0.2) is 4.39 Å². The highest BCUT2D eigenvalue weighted by molar-refractivity contribution is 6.31. The van der Waals surface area contributed by atoms with Gasteiger partial charge in [-0.15, -0.1) is 0 Å². The van der Waals surface area contributed by atoms with Gasteiger partial charge >= 0.3 is 0 Å². The van der Waals surface area contributed by atoms with E-state index in [1.165, 1.54) is 12.1 Å². The van der Waals surface area contributed by atoms with Crippen LogP contribution in [0.4, 0.5) is 10.1 Å². The van der Waals surface area contributed by atoms with Gasteiger partial charge in [0.1, 0.15) is 5.82 Å². The van der Waals surface area contributed by atoms with Crippen LogP contribution in [0.5, 0.6) is 0 Å². The topological polar surface area (TPSA) is 46.9 Å². The quantitative estimate of drug-likeness (QED) is 0.642. The van der Waals surface area contributed by atoms with Crippen LogP contribution in [-0.4, -0.2) is 15.7 Å². The summed E-state index contributed by atoms with van der Waals surface area (Å²) < 4.78 is 14.8. The van der Waals surface area contributed by atoms with Crippen molar-refractivity contribution in [2.75, 3.05) is 5.32 Å². The van der Waals surface area contributed by atoms with Crippen molar-refractivity contribution in [1.82, 2.24) is 9.78 Å². The lowest BCUT2D eigenvalue weighted by molar-refractivity contribution is -0.117. The zero-order valence-corrected chi connectivity index (χ0v) is 15.7. The van der Waals surface area contributed by atoms with E-state index in [0.717, 1.165) is 17.5 Å². The molecular formula is C20H16Cl2FN3O. The van der Waals surface area contributed by atoms with E-state index in [1.54, 1.807) is 23.1 Å². The standard InChI is InChI=1S/C20H16Cl2FN3O/c21-14-4-1-12(2-5-14)17-8-18(17)20(27)25-16-9-24-26(11-16)10-13-3-6-15(23)7-19(13)22/h1-7,9,11,17-18H,8,10H2,(H,25,27). The number of aromatic nitrogens is 2. The molecule has 27 heavy (non-hydrogen) atoms. The number of nitrogens with one attached hydrogen (secondary N) is 1. The summed E-state index contributed by atoms with van der Waals surface area (Å²) >= 11 is 12.0. The molecule has 2 unspecified atom stereocenters. The van der Waals surface area contributed by atoms with Crippen LogP contribution in [0.25, 0.3) is 0 Å². The Bertz CT molecular complexity index is 987. The molecule has 1 N–H and O–H groups in total. The predicted molar refractivity (Wildman–Crippen MR) is 104 cm³/mol. The first-order valence-corrected chi connectivity index (χ1v) is 9.28. The van der Waals surface area contributed by atoms with E-state index in [2.05, 4.69) is 10.4 Å². The van der Waals surface area contributed by atoms with Gasteiger partial charge in [0.15, 0.2) is 0 Å². The normalized spacial score (nSPS) is 18.3. The molecule has 1 saturated carbocycles. The van der Waals surface area contributed by atoms with Crippen molar-refractivity contribution in [2.45, 2.75) is 18.9 Å². The smallest absolute Gasteiger partial charge is 0.228 e. The zero-order valence-electron chi connectivity index (χ0n) is 14.2. The van der Waals surface area contributed by atoms with Gasteiger partial charge in [-0.2, -0.15) is 5.10 Å². The second kappa shape index (κ2) is 7.33. The molecule has 1 amide bonds. The molecule has 4 rings (SSSR count). The van der Waals surface area contributed by atoms with Crippen molar-refractivity contribution in [3.05, 3.63) is 81.8 Å². The number of hydrogen-bond acceptors (Lipinski definition) is 2. The lowest BCUT2D eigenvalue weighted by Gasteiger charge is -2.05. The second-order valence-electron chi connectivity index (χ2n) is 6.65. The number of benzene rings is 2. The molecule has 138 valence electrons. The van der Waals surface area contributed by atoms with Gasteiger partial charge in [-0.3, -0.25) is 9.48 Å². The Morgan fingerprint density at radius 1 is 1.22 bits per heavy atom. The Hall–Kier alpha value is -2.37. The third-order valence-electron chi connectivity index (χ3n) is 4.67. The third kappa shape index (κ3) is 4.15. The minimum Gasteiger partial charge on any atom is -0.323 e. The second-order valence-corrected chi connectivity index (χ2v) is 7.50. The van der Waals surface area contributed by atoms with Crippen LogP contribution in [0.3, 0.4) is 0 Å². The lowest BCUT2D eigenvalue weighted by Crippen LogP contribution is -2.14. The summed E-state index contributed by atoms with van der Waals surface area (Å²) in [5.74, 6) is -0.206. The van der Waals surface area contributed by atoms with E-state index in [-0.39, 0.29) is 23.6 Å². The summed E-state index contributed by atoms with van der Waals surface area (Å²) in [4.78, 5) is 12.4. The predicted octanol–water partition coefficient (Wildman–Crippen LogP) is 5.12. The molecule has 1 heterocycles. The van der Waals surface area contributed by atoms with Crippen molar-refractivity contribution in [3.8, 4) is 0 Å². The van der Waals surface area contributed by atoms with Gasteiger partial charge < -0.3 is 5.32 Å². The first-order valence-electron chi connectivity index (χ1n) is 8.52. The highest BCUT2D eigenvalue weighted by atomic mass is 35.5. The van der Waals surface area contributed by atoms with Gasteiger partial charge in [0.25, 0.3) is 0 Å².